The van der Waals surface area contributed by atoms with Gasteiger partial charge in [0.2, 0.25) is 0 Å². The summed E-state index contributed by atoms with van der Waals surface area (Å²) in [6.07, 6.45) is 2.82. The number of fused-ring (bicyclic) bond motifs is 1. The second-order valence-electron chi connectivity index (χ2n) is 7.53. The average Bonchev–Trinajstić information content (AvgIpc) is 3.20. The molecule has 156 valence electrons. The van der Waals surface area contributed by atoms with Crippen molar-refractivity contribution in [2.45, 2.75) is 6.04 Å². The molecule has 1 atom stereocenters. The number of piperazine rings is 1. The van der Waals surface area contributed by atoms with Crippen LogP contribution in [0.2, 0.25) is 0 Å². The third kappa shape index (κ3) is 4.17. The number of carbonyl (C=O) groups excluding carboxylic acids is 2. The lowest BCUT2D eigenvalue weighted by atomic mass is 10.1. The van der Waals surface area contributed by atoms with E-state index in [0.717, 1.165) is 31.7 Å². The molecule has 3 heterocycles. The maximum atomic E-state index is 13.2. The predicted molar refractivity (Wildman–Crippen MR) is 112 cm³/mol. The van der Waals surface area contributed by atoms with Gasteiger partial charge in [-0.25, -0.2) is 9.50 Å². The Morgan fingerprint density at radius 1 is 1.13 bits per heavy atom. The minimum absolute atomic E-state index is 0.182. The molecule has 9 nitrogen and oxygen atoms in total. The molecule has 0 saturated carbocycles. The van der Waals surface area contributed by atoms with E-state index in [9.17, 15) is 9.59 Å². The number of primary amides is 1. The summed E-state index contributed by atoms with van der Waals surface area (Å²) in [6.45, 7) is 4.63. The van der Waals surface area contributed by atoms with E-state index in [1.807, 2.05) is 30.3 Å². The van der Waals surface area contributed by atoms with Gasteiger partial charge in [-0.3, -0.25) is 14.5 Å². The zero-order valence-corrected chi connectivity index (χ0v) is 16.9. The third-order valence-corrected chi connectivity index (χ3v) is 5.44. The first-order valence-electron chi connectivity index (χ1n) is 9.92. The van der Waals surface area contributed by atoms with Crippen molar-refractivity contribution in [3.05, 3.63) is 65.6 Å². The number of hydrogen-bond acceptors (Lipinski definition) is 6. The minimum Gasteiger partial charge on any atom is -0.365 e. The molecule has 0 aliphatic carbocycles. The highest BCUT2D eigenvalue weighted by Gasteiger charge is 2.23. The Bertz CT molecular complexity index is 1040. The fourth-order valence-corrected chi connectivity index (χ4v) is 3.68. The molecular formula is C21H25N7O2. The number of nitrogens with zero attached hydrogens (tertiary/aromatic N) is 5. The highest BCUT2D eigenvalue weighted by Crippen LogP contribution is 2.17. The molecule has 1 aliphatic rings. The van der Waals surface area contributed by atoms with Gasteiger partial charge in [0.05, 0.1) is 12.2 Å². The normalized spacial score (nSPS) is 16.4. The van der Waals surface area contributed by atoms with Crippen molar-refractivity contribution >= 4 is 17.5 Å². The van der Waals surface area contributed by atoms with Crippen LogP contribution in [0.3, 0.4) is 0 Å². The molecular weight excluding hydrogens is 382 g/mol. The molecule has 0 spiro atoms. The van der Waals surface area contributed by atoms with Crippen molar-refractivity contribution in [1.82, 2.24) is 29.7 Å². The molecule has 0 radical (unpaired) electrons. The van der Waals surface area contributed by atoms with Crippen molar-refractivity contribution < 1.29 is 9.59 Å². The highest BCUT2D eigenvalue weighted by molar-refractivity contribution is 5.99. The van der Waals surface area contributed by atoms with Crippen LogP contribution in [0, 0.1) is 0 Å². The van der Waals surface area contributed by atoms with Gasteiger partial charge in [-0.15, -0.1) is 0 Å². The first kappa shape index (κ1) is 20.0. The van der Waals surface area contributed by atoms with E-state index in [1.54, 1.807) is 6.07 Å². The molecule has 3 N–H and O–H groups in total. The van der Waals surface area contributed by atoms with E-state index in [1.165, 1.54) is 16.9 Å². The van der Waals surface area contributed by atoms with Crippen LogP contribution < -0.4 is 11.1 Å². The van der Waals surface area contributed by atoms with Crippen molar-refractivity contribution in [3.8, 4) is 0 Å². The lowest BCUT2D eigenvalue weighted by Gasteiger charge is -2.35. The molecule has 1 unspecified atom stereocenters. The Labute approximate surface area is 174 Å². The summed E-state index contributed by atoms with van der Waals surface area (Å²) in [4.78, 5) is 33.6. The van der Waals surface area contributed by atoms with E-state index in [2.05, 4.69) is 32.2 Å². The van der Waals surface area contributed by atoms with E-state index in [4.69, 9.17) is 5.73 Å². The van der Waals surface area contributed by atoms with Crippen molar-refractivity contribution in [3.63, 3.8) is 0 Å². The summed E-state index contributed by atoms with van der Waals surface area (Å²) in [6, 6.07) is 11.3. The van der Waals surface area contributed by atoms with Gasteiger partial charge < -0.3 is 16.0 Å². The molecule has 1 saturated heterocycles. The smallest absolute Gasteiger partial charge is 0.270 e. The van der Waals surface area contributed by atoms with Gasteiger partial charge in [-0.1, -0.05) is 30.3 Å². The maximum absolute atomic E-state index is 13.2. The molecule has 30 heavy (non-hydrogen) atoms. The Morgan fingerprint density at radius 2 is 1.87 bits per heavy atom. The number of benzene rings is 1. The van der Waals surface area contributed by atoms with Crippen LogP contribution in [0.25, 0.3) is 5.65 Å². The van der Waals surface area contributed by atoms with Gasteiger partial charge in [-0.05, 0) is 18.7 Å². The molecule has 1 aromatic carbocycles. The van der Waals surface area contributed by atoms with Crippen LogP contribution in [0.4, 0.5) is 0 Å². The summed E-state index contributed by atoms with van der Waals surface area (Å²) >= 11 is 0. The zero-order chi connectivity index (χ0) is 21.1. The topological polar surface area (TPSA) is 109 Å². The summed E-state index contributed by atoms with van der Waals surface area (Å²) in [5.41, 5.74) is 7.16. The second kappa shape index (κ2) is 8.60. The number of nitrogens with two attached hydrogens (primary N) is 1. The lowest BCUT2D eigenvalue weighted by Crippen LogP contribution is -2.48. The van der Waals surface area contributed by atoms with Crippen LogP contribution >= 0.6 is 0 Å². The molecule has 1 fully saturated rings. The minimum atomic E-state index is -0.632. The number of aromatic nitrogens is 3. The standard InChI is InChI=1S/C21H25N7O2/c1-26-9-11-27(12-10-26)14-17(15-5-3-2-4-6-15)25-21(30)18-7-8-23-20-16(19(22)29)13-24-28(18)20/h2-8,13,17H,9-12,14H2,1H3,(H2,22,29)(H,25,30). The van der Waals surface area contributed by atoms with E-state index >= 15 is 0 Å². The van der Waals surface area contributed by atoms with Gasteiger partial charge in [0, 0.05) is 38.9 Å². The van der Waals surface area contributed by atoms with Crippen LogP contribution in [-0.4, -0.2) is 76.0 Å². The van der Waals surface area contributed by atoms with Gasteiger partial charge in [0.15, 0.2) is 5.65 Å². The second-order valence-corrected chi connectivity index (χ2v) is 7.53. The molecule has 2 aromatic heterocycles. The van der Waals surface area contributed by atoms with Crippen molar-refractivity contribution in [2.75, 3.05) is 39.8 Å². The van der Waals surface area contributed by atoms with E-state index < -0.39 is 5.91 Å². The number of likely N-dealkylation sites (N-methyl/N-ethyl adjacent to an activating group) is 1. The summed E-state index contributed by atoms with van der Waals surface area (Å²) < 4.78 is 1.35. The summed E-state index contributed by atoms with van der Waals surface area (Å²) in [5, 5.41) is 7.28. The Balaban J connectivity index is 1.59. The number of amides is 2. The van der Waals surface area contributed by atoms with E-state index in [-0.39, 0.29) is 23.2 Å². The summed E-state index contributed by atoms with van der Waals surface area (Å²) in [5.74, 6) is -0.920. The summed E-state index contributed by atoms with van der Waals surface area (Å²) in [7, 11) is 2.12. The fourth-order valence-electron chi connectivity index (χ4n) is 3.68. The number of hydrogen-bond donors (Lipinski definition) is 2. The Kier molecular flexibility index (Phi) is 5.73. The number of rotatable bonds is 6. The van der Waals surface area contributed by atoms with E-state index in [0.29, 0.717) is 12.2 Å². The SMILES string of the molecule is CN1CCN(CC(NC(=O)c2ccnc3c(C(N)=O)cnn23)c2ccccc2)CC1. The molecule has 1 aliphatic heterocycles. The Hall–Kier alpha value is -3.30. The van der Waals surface area contributed by atoms with Gasteiger partial charge in [-0.2, -0.15) is 5.10 Å². The van der Waals surface area contributed by atoms with Gasteiger partial charge >= 0.3 is 0 Å². The van der Waals surface area contributed by atoms with Gasteiger partial charge in [0.25, 0.3) is 11.8 Å². The molecule has 4 rings (SSSR count). The average molecular weight is 407 g/mol. The predicted octanol–water partition coefficient (Wildman–Crippen LogP) is 0.547. The van der Waals surface area contributed by atoms with Crippen molar-refractivity contribution in [1.29, 1.82) is 0 Å². The molecule has 2 amide bonds. The van der Waals surface area contributed by atoms with Crippen LogP contribution in [-0.2, 0) is 0 Å². The van der Waals surface area contributed by atoms with Crippen LogP contribution in [0.5, 0.6) is 0 Å². The zero-order valence-electron chi connectivity index (χ0n) is 16.9. The highest BCUT2D eigenvalue weighted by atomic mass is 16.2. The molecule has 3 aromatic rings. The van der Waals surface area contributed by atoms with Gasteiger partial charge in [0.1, 0.15) is 11.3 Å². The maximum Gasteiger partial charge on any atom is 0.270 e. The number of carbonyl (C=O) groups is 2. The fraction of sp³-hybridized carbons (Fsp3) is 0.333. The third-order valence-electron chi connectivity index (χ3n) is 5.44. The first-order chi connectivity index (χ1) is 14.5. The first-order valence-corrected chi connectivity index (χ1v) is 9.92. The molecule has 9 heteroatoms. The monoisotopic (exact) mass is 407 g/mol. The van der Waals surface area contributed by atoms with Crippen molar-refractivity contribution in [2.24, 2.45) is 5.73 Å². The largest absolute Gasteiger partial charge is 0.365 e. The van der Waals surface area contributed by atoms with Crippen LogP contribution in [0.1, 0.15) is 32.5 Å². The van der Waals surface area contributed by atoms with Crippen LogP contribution in [0.15, 0.2) is 48.8 Å². The molecule has 0 bridgehead atoms. The number of nitrogens with one attached hydrogen (secondary N) is 1. The quantitative estimate of drug-likeness (QED) is 0.618. The Morgan fingerprint density at radius 3 is 2.57 bits per heavy atom. The lowest BCUT2D eigenvalue weighted by molar-refractivity contribution is 0.0899.